The topological polar surface area (TPSA) is 52.5 Å². The van der Waals surface area contributed by atoms with Gasteiger partial charge in [0.05, 0.1) is 6.61 Å². The number of aliphatic hydroxyl groups is 1. The second-order valence-electron chi connectivity index (χ2n) is 4.63. The molecule has 5 heteroatoms. The maximum atomic E-state index is 8.99. The van der Waals surface area contributed by atoms with Crippen molar-refractivity contribution in [2.45, 2.75) is 19.8 Å². The number of rotatable bonds is 4. The van der Waals surface area contributed by atoms with Gasteiger partial charge in [-0.05, 0) is 19.4 Å². The predicted octanol–water partition coefficient (Wildman–Crippen LogP) is 0.543. The summed E-state index contributed by atoms with van der Waals surface area (Å²) < 4.78 is 0. The van der Waals surface area contributed by atoms with Gasteiger partial charge >= 0.3 is 0 Å². The summed E-state index contributed by atoms with van der Waals surface area (Å²) in [6.45, 7) is 7.18. The highest BCUT2D eigenvalue weighted by Crippen LogP contribution is 2.14. The molecule has 0 atom stereocenters. The van der Waals surface area contributed by atoms with Crippen molar-refractivity contribution in [3.05, 3.63) is 18.1 Å². The third kappa shape index (κ3) is 3.40. The monoisotopic (exact) mass is 250 g/mol. The minimum absolute atomic E-state index is 0.244. The summed E-state index contributed by atoms with van der Waals surface area (Å²) in [5.74, 6) is 1.03. The minimum Gasteiger partial charge on any atom is -0.395 e. The Kier molecular flexibility index (Phi) is 4.90. The molecule has 1 aromatic rings. The predicted molar refractivity (Wildman–Crippen MR) is 71.8 cm³/mol. The Morgan fingerprint density at radius 3 is 2.89 bits per heavy atom. The van der Waals surface area contributed by atoms with E-state index in [1.807, 2.05) is 0 Å². The van der Waals surface area contributed by atoms with Gasteiger partial charge in [-0.3, -0.25) is 4.90 Å². The van der Waals surface area contributed by atoms with E-state index >= 15 is 0 Å². The summed E-state index contributed by atoms with van der Waals surface area (Å²) >= 11 is 0. The van der Waals surface area contributed by atoms with Crippen LogP contribution in [0.3, 0.4) is 0 Å². The van der Waals surface area contributed by atoms with Crippen molar-refractivity contribution in [3.8, 4) is 0 Å². The van der Waals surface area contributed by atoms with E-state index in [-0.39, 0.29) is 6.61 Å². The van der Waals surface area contributed by atoms with Gasteiger partial charge in [-0.2, -0.15) is 0 Å². The van der Waals surface area contributed by atoms with Crippen molar-refractivity contribution in [3.63, 3.8) is 0 Å². The highest BCUT2D eigenvalue weighted by molar-refractivity contribution is 5.39. The molecule has 0 aromatic carbocycles. The Morgan fingerprint density at radius 2 is 2.11 bits per heavy atom. The van der Waals surface area contributed by atoms with Crippen LogP contribution in [0.2, 0.25) is 0 Å². The molecule has 2 heterocycles. The van der Waals surface area contributed by atoms with E-state index in [0.717, 1.165) is 57.1 Å². The van der Waals surface area contributed by atoms with Gasteiger partial charge in [-0.25, -0.2) is 9.97 Å². The van der Waals surface area contributed by atoms with Crippen LogP contribution in [0, 0.1) is 0 Å². The average molecular weight is 250 g/mol. The number of aromatic nitrogens is 2. The number of hydrogen-bond acceptors (Lipinski definition) is 5. The zero-order chi connectivity index (χ0) is 12.8. The number of hydrogen-bond donors (Lipinski definition) is 1. The fourth-order valence-electron chi connectivity index (χ4n) is 2.32. The van der Waals surface area contributed by atoms with E-state index in [2.05, 4.69) is 32.8 Å². The summed E-state index contributed by atoms with van der Waals surface area (Å²) in [4.78, 5) is 13.2. The fraction of sp³-hybridized carbons (Fsp3) is 0.692. The van der Waals surface area contributed by atoms with Crippen LogP contribution < -0.4 is 4.90 Å². The quantitative estimate of drug-likeness (QED) is 0.845. The SMILES string of the molecule is CCc1cc(N2CCCN(CCO)CC2)ncn1. The maximum absolute atomic E-state index is 8.99. The standard InChI is InChI=1S/C13H22N4O/c1-2-12-10-13(15-11-14-12)17-5-3-4-16(6-7-17)8-9-18/h10-11,18H,2-9H2,1H3. The van der Waals surface area contributed by atoms with Crippen LogP contribution in [0.25, 0.3) is 0 Å². The van der Waals surface area contributed by atoms with Gasteiger partial charge < -0.3 is 10.0 Å². The van der Waals surface area contributed by atoms with Gasteiger partial charge in [0.15, 0.2) is 0 Å². The summed E-state index contributed by atoms with van der Waals surface area (Å²) in [6.07, 6.45) is 3.72. The van der Waals surface area contributed by atoms with Crippen molar-refractivity contribution >= 4 is 5.82 Å². The fourth-order valence-corrected chi connectivity index (χ4v) is 2.32. The van der Waals surface area contributed by atoms with Gasteiger partial charge in [-0.1, -0.05) is 6.92 Å². The largest absolute Gasteiger partial charge is 0.395 e. The van der Waals surface area contributed by atoms with Crippen LogP contribution >= 0.6 is 0 Å². The Labute approximate surface area is 108 Å². The lowest BCUT2D eigenvalue weighted by atomic mass is 10.3. The lowest BCUT2D eigenvalue weighted by Gasteiger charge is -2.22. The molecule has 18 heavy (non-hydrogen) atoms. The van der Waals surface area contributed by atoms with Crippen LogP contribution in [-0.4, -0.2) is 59.3 Å². The minimum atomic E-state index is 0.244. The third-order valence-corrected chi connectivity index (χ3v) is 3.40. The second kappa shape index (κ2) is 6.66. The molecule has 1 saturated heterocycles. The highest BCUT2D eigenvalue weighted by Gasteiger charge is 2.15. The number of aliphatic hydroxyl groups excluding tert-OH is 1. The van der Waals surface area contributed by atoms with Crippen molar-refractivity contribution < 1.29 is 5.11 Å². The van der Waals surface area contributed by atoms with Gasteiger partial charge in [0, 0.05) is 37.9 Å². The van der Waals surface area contributed by atoms with Crippen molar-refractivity contribution in [2.75, 3.05) is 44.2 Å². The van der Waals surface area contributed by atoms with Gasteiger partial charge in [0.2, 0.25) is 0 Å². The van der Waals surface area contributed by atoms with Gasteiger partial charge in [0.25, 0.3) is 0 Å². The molecule has 2 rings (SSSR count). The first kappa shape index (κ1) is 13.2. The van der Waals surface area contributed by atoms with Gasteiger partial charge in [-0.15, -0.1) is 0 Å². The van der Waals surface area contributed by atoms with E-state index in [0.29, 0.717) is 0 Å². The Morgan fingerprint density at radius 1 is 1.22 bits per heavy atom. The summed E-state index contributed by atoms with van der Waals surface area (Å²) in [6, 6.07) is 2.09. The second-order valence-corrected chi connectivity index (χ2v) is 4.63. The van der Waals surface area contributed by atoms with Crippen LogP contribution in [0.5, 0.6) is 0 Å². The van der Waals surface area contributed by atoms with E-state index in [1.54, 1.807) is 6.33 Å². The number of anilines is 1. The van der Waals surface area contributed by atoms with Gasteiger partial charge in [0.1, 0.15) is 12.1 Å². The summed E-state index contributed by atoms with van der Waals surface area (Å²) in [5.41, 5.74) is 1.09. The van der Waals surface area contributed by atoms with Crippen molar-refractivity contribution in [1.29, 1.82) is 0 Å². The van der Waals surface area contributed by atoms with Crippen molar-refractivity contribution in [2.24, 2.45) is 0 Å². The Hall–Kier alpha value is -1.20. The molecule has 1 aliphatic rings. The zero-order valence-electron chi connectivity index (χ0n) is 11.0. The molecule has 1 fully saturated rings. The molecule has 0 amide bonds. The molecule has 0 bridgehead atoms. The normalized spacial score (nSPS) is 17.8. The Bertz CT molecular complexity index is 372. The molecule has 0 unspecified atom stereocenters. The van der Waals surface area contributed by atoms with Crippen LogP contribution in [0.15, 0.2) is 12.4 Å². The lowest BCUT2D eigenvalue weighted by Crippen LogP contribution is -2.32. The number of nitrogens with zero attached hydrogens (tertiary/aromatic N) is 4. The van der Waals surface area contributed by atoms with Crippen molar-refractivity contribution in [1.82, 2.24) is 14.9 Å². The maximum Gasteiger partial charge on any atom is 0.132 e. The molecular weight excluding hydrogens is 228 g/mol. The molecule has 1 aliphatic heterocycles. The smallest absolute Gasteiger partial charge is 0.132 e. The third-order valence-electron chi connectivity index (χ3n) is 3.40. The van der Waals surface area contributed by atoms with E-state index in [9.17, 15) is 0 Å². The molecular formula is C13H22N4O. The highest BCUT2D eigenvalue weighted by atomic mass is 16.3. The Balaban J connectivity index is 2.00. The zero-order valence-corrected chi connectivity index (χ0v) is 11.0. The van der Waals surface area contributed by atoms with Crippen LogP contribution in [-0.2, 0) is 6.42 Å². The summed E-state index contributed by atoms with van der Waals surface area (Å²) in [7, 11) is 0. The first-order valence-corrected chi connectivity index (χ1v) is 6.72. The first-order chi connectivity index (χ1) is 8.83. The average Bonchev–Trinajstić information content (AvgIpc) is 2.65. The first-order valence-electron chi connectivity index (χ1n) is 6.72. The van der Waals surface area contributed by atoms with E-state index in [4.69, 9.17) is 5.11 Å². The number of aryl methyl sites for hydroxylation is 1. The molecule has 0 aliphatic carbocycles. The van der Waals surface area contributed by atoms with Crippen LogP contribution in [0.4, 0.5) is 5.82 Å². The molecule has 5 nitrogen and oxygen atoms in total. The molecule has 0 radical (unpaired) electrons. The lowest BCUT2D eigenvalue weighted by molar-refractivity contribution is 0.204. The molecule has 1 aromatic heterocycles. The summed E-state index contributed by atoms with van der Waals surface area (Å²) in [5, 5.41) is 8.99. The molecule has 0 spiro atoms. The van der Waals surface area contributed by atoms with E-state index in [1.165, 1.54) is 0 Å². The van der Waals surface area contributed by atoms with Crippen LogP contribution in [0.1, 0.15) is 19.0 Å². The molecule has 1 N–H and O–H groups in total. The number of β-amino-alcohol motifs (C(OH)–C–C–N with tert-alkyl or cyclic N) is 1. The molecule has 100 valence electrons. The van der Waals surface area contributed by atoms with E-state index < -0.39 is 0 Å². The molecule has 0 saturated carbocycles.